The number of nitro groups is 1. The van der Waals surface area contributed by atoms with Crippen molar-refractivity contribution in [3.05, 3.63) is 65.1 Å². The second-order valence-electron chi connectivity index (χ2n) is 7.60. The van der Waals surface area contributed by atoms with Crippen LogP contribution in [-0.2, 0) is 0 Å². The first kappa shape index (κ1) is 20.5. The number of hydrogen-bond acceptors (Lipinski definition) is 11. The van der Waals surface area contributed by atoms with Crippen molar-refractivity contribution in [1.29, 1.82) is 0 Å². The summed E-state index contributed by atoms with van der Waals surface area (Å²) in [6.45, 7) is 2.94. The molecule has 0 spiro atoms. The second-order valence-corrected chi connectivity index (χ2v) is 7.60. The van der Waals surface area contributed by atoms with Crippen LogP contribution in [0.25, 0.3) is 5.69 Å². The molecule has 1 fully saturated rings. The maximum Gasteiger partial charge on any atom is 0.353 e. The standard InChI is InChI=1S/C20H20N10O3/c1-13-25-20(33-27-13)14-6-8-28(9-7-14)19-17(30(31)32)18(22-11-23-19)26-15-2-4-16(5-3-15)29-12-21-10-24-29/h2-5,10-12,14H,6-9H2,1H3,(H,22,23,26). The van der Waals surface area contributed by atoms with Crippen molar-refractivity contribution in [2.75, 3.05) is 23.3 Å². The molecular weight excluding hydrogens is 428 g/mol. The number of nitrogens with zero attached hydrogens (tertiary/aromatic N) is 9. The average molecular weight is 448 g/mol. The molecule has 0 radical (unpaired) electrons. The first-order valence-electron chi connectivity index (χ1n) is 10.3. The summed E-state index contributed by atoms with van der Waals surface area (Å²) >= 11 is 0. The fourth-order valence-electron chi connectivity index (χ4n) is 3.85. The molecule has 0 amide bonds. The molecule has 1 saturated heterocycles. The predicted octanol–water partition coefficient (Wildman–Crippen LogP) is 2.78. The molecule has 0 bridgehead atoms. The van der Waals surface area contributed by atoms with E-state index >= 15 is 0 Å². The summed E-state index contributed by atoms with van der Waals surface area (Å²) in [6, 6.07) is 7.24. The summed E-state index contributed by atoms with van der Waals surface area (Å²) in [5.41, 5.74) is 1.30. The van der Waals surface area contributed by atoms with Crippen LogP contribution in [0, 0.1) is 17.0 Å². The number of anilines is 3. The number of piperidine rings is 1. The van der Waals surface area contributed by atoms with Crippen LogP contribution in [-0.4, -0.2) is 52.9 Å². The second kappa shape index (κ2) is 8.61. The van der Waals surface area contributed by atoms with Crippen molar-refractivity contribution >= 4 is 23.0 Å². The molecule has 1 aliphatic rings. The van der Waals surface area contributed by atoms with Crippen LogP contribution in [0.5, 0.6) is 0 Å². The van der Waals surface area contributed by atoms with Gasteiger partial charge in [-0.1, -0.05) is 5.16 Å². The van der Waals surface area contributed by atoms with Crippen molar-refractivity contribution in [2.24, 2.45) is 0 Å². The molecule has 4 aromatic rings. The van der Waals surface area contributed by atoms with Gasteiger partial charge < -0.3 is 14.7 Å². The van der Waals surface area contributed by atoms with E-state index in [4.69, 9.17) is 4.52 Å². The number of rotatable bonds is 6. The summed E-state index contributed by atoms with van der Waals surface area (Å²) < 4.78 is 6.91. The number of benzene rings is 1. The number of nitrogens with one attached hydrogen (secondary N) is 1. The molecule has 1 aliphatic heterocycles. The minimum atomic E-state index is -0.450. The number of aryl methyl sites for hydroxylation is 1. The van der Waals surface area contributed by atoms with Crippen molar-refractivity contribution in [3.8, 4) is 5.69 Å². The SMILES string of the molecule is Cc1noc(C2CCN(c3ncnc(Nc4ccc(-n5cncn5)cc4)c3[N+](=O)[O-])CC2)n1. The number of aromatic nitrogens is 7. The fraction of sp³-hybridized carbons (Fsp3) is 0.300. The molecular formula is C20H20N10O3. The molecule has 4 heterocycles. The Balaban J connectivity index is 1.35. The predicted molar refractivity (Wildman–Crippen MR) is 117 cm³/mol. The Kier molecular flexibility index (Phi) is 5.34. The largest absolute Gasteiger partial charge is 0.353 e. The molecule has 0 unspecified atom stereocenters. The monoisotopic (exact) mass is 448 g/mol. The molecule has 0 saturated carbocycles. The Morgan fingerprint density at radius 3 is 2.58 bits per heavy atom. The van der Waals surface area contributed by atoms with Crippen LogP contribution in [0.1, 0.15) is 30.5 Å². The van der Waals surface area contributed by atoms with E-state index in [2.05, 4.69) is 35.5 Å². The molecule has 0 aliphatic carbocycles. The van der Waals surface area contributed by atoms with Gasteiger partial charge in [-0.2, -0.15) is 10.1 Å². The van der Waals surface area contributed by atoms with Gasteiger partial charge in [0.1, 0.15) is 19.0 Å². The molecule has 1 aromatic carbocycles. The van der Waals surface area contributed by atoms with Crippen LogP contribution in [0.2, 0.25) is 0 Å². The van der Waals surface area contributed by atoms with E-state index in [0.717, 1.165) is 18.5 Å². The average Bonchev–Trinajstić information content (AvgIpc) is 3.52. The van der Waals surface area contributed by atoms with Crippen molar-refractivity contribution < 1.29 is 9.45 Å². The smallest absolute Gasteiger partial charge is 0.351 e. The van der Waals surface area contributed by atoms with Gasteiger partial charge in [-0.25, -0.2) is 19.6 Å². The van der Waals surface area contributed by atoms with Gasteiger partial charge in [0.05, 0.1) is 10.6 Å². The molecule has 13 nitrogen and oxygen atoms in total. The van der Waals surface area contributed by atoms with Gasteiger partial charge in [0.2, 0.25) is 17.5 Å². The minimum absolute atomic E-state index is 0.129. The third kappa shape index (κ3) is 4.20. The summed E-state index contributed by atoms with van der Waals surface area (Å²) in [5.74, 6) is 1.76. The third-order valence-electron chi connectivity index (χ3n) is 5.49. The van der Waals surface area contributed by atoms with E-state index in [1.807, 2.05) is 17.0 Å². The van der Waals surface area contributed by atoms with Gasteiger partial charge >= 0.3 is 5.69 Å². The van der Waals surface area contributed by atoms with E-state index in [1.54, 1.807) is 30.1 Å². The summed E-state index contributed by atoms with van der Waals surface area (Å²) in [4.78, 5) is 30.0. The lowest BCUT2D eigenvalue weighted by Gasteiger charge is -2.30. The third-order valence-corrected chi connectivity index (χ3v) is 5.49. The zero-order chi connectivity index (χ0) is 22.8. The van der Waals surface area contributed by atoms with E-state index in [1.165, 1.54) is 12.7 Å². The summed E-state index contributed by atoms with van der Waals surface area (Å²) in [6.07, 6.45) is 5.84. The normalized spacial score (nSPS) is 14.4. The minimum Gasteiger partial charge on any atom is -0.351 e. The molecule has 0 atom stereocenters. The maximum absolute atomic E-state index is 12.0. The quantitative estimate of drug-likeness (QED) is 0.342. The van der Waals surface area contributed by atoms with Crippen LogP contribution in [0.3, 0.4) is 0 Å². The van der Waals surface area contributed by atoms with Crippen molar-refractivity contribution in [2.45, 2.75) is 25.7 Å². The van der Waals surface area contributed by atoms with E-state index in [-0.39, 0.29) is 23.2 Å². The van der Waals surface area contributed by atoms with Gasteiger partial charge in [-0.15, -0.1) is 0 Å². The van der Waals surface area contributed by atoms with Crippen LogP contribution < -0.4 is 10.2 Å². The highest BCUT2D eigenvalue weighted by Gasteiger charge is 2.31. The Labute approximate surface area is 187 Å². The lowest BCUT2D eigenvalue weighted by atomic mass is 9.96. The highest BCUT2D eigenvalue weighted by Crippen LogP contribution is 2.37. The Morgan fingerprint density at radius 1 is 1.15 bits per heavy atom. The Bertz CT molecular complexity index is 1250. The van der Waals surface area contributed by atoms with Crippen LogP contribution in [0.15, 0.2) is 47.8 Å². The lowest BCUT2D eigenvalue weighted by molar-refractivity contribution is -0.383. The van der Waals surface area contributed by atoms with Gasteiger partial charge in [-0.3, -0.25) is 10.1 Å². The Hall–Kier alpha value is -4.42. The van der Waals surface area contributed by atoms with E-state index < -0.39 is 4.92 Å². The van der Waals surface area contributed by atoms with Gasteiger partial charge in [0.15, 0.2) is 5.82 Å². The summed E-state index contributed by atoms with van der Waals surface area (Å²) in [5, 5.41) is 23.0. The first-order valence-corrected chi connectivity index (χ1v) is 10.3. The maximum atomic E-state index is 12.0. The van der Waals surface area contributed by atoms with E-state index in [0.29, 0.717) is 30.5 Å². The van der Waals surface area contributed by atoms with Gasteiger partial charge in [0, 0.05) is 24.7 Å². The summed E-state index contributed by atoms with van der Waals surface area (Å²) in [7, 11) is 0. The molecule has 5 rings (SSSR count). The molecule has 168 valence electrons. The lowest BCUT2D eigenvalue weighted by Crippen LogP contribution is -2.34. The molecule has 33 heavy (non-hydrogen) atoms. The zero-order valence-corrected chi connectivity index (χ0v) is 17.7. The van der Waals surface area contributed by atoms with Crippen LogP contribution in [0.4, 0.5) is 23.0 Å². The van der Waals surface area contributed by atoms with Crippen molar-refractivity contribution in [1.82, 2.24) is 34.9 Å². The van der Waals surface area contributed by atoms with Gasteiger partial charge in [-0.05, 0) is 44.0 Å². The first-order chi connectivity index (χ1) is 16.1. The molecule has 1 N–H and O–H groups in total. The van der Waals surface area contributed by atoms with Crippen LogP contribution >= 0.6 is 0 Å². The zero-order valence-electron chi connectivity index (χ0n) is 17.7. The fourth-order valence-corrected chi connectivity index (χ4v) is 3.85. The topological polar surface area (TPSA) is 154 Å². The highest BCUT2D eigenvalue weighted by molar-refractivity contribution is 5.74. The van der Waals surface area contributed by atoms with E-state index in [9.17, 15) is 10.1 Å². The van der Waals surface area contributed by atoms with Gasteiger partial charge in [0.25, 0.3) is 0 Å². The number of hydrogen-bond donors (Lipinski definition) is 1. The van der Waals surface area contributed by atoms with Crippen molar-refractivity contribution in [3.63, 3.8) is 0 Å². The highest BCUT2D eigenvalue weighted by atomic mass is 16.6. The Morgan fingerprint density at radius 2 is 1.94 bits per heavy atom. The molecule has 3 aromatic heterocycles. The molecule has 13 heteroatoms.